The Morgan fingerprint density at radius 2 is 2.13 bits per heavy atom. The third-order valence-electron chi connectivity index (χ3n) is 3.36. The Labute approximate surface area is 87.9 Å². The first-order valence-electron chi connectivity index (χ1n) is 5.64. The molecule has 0 saturated heterocycles. The topological polar surface area (TPSA) is 71.8 Å². The summed E-state index contributed by atoms with van der Waals surface area (Å²) in [7, 11) is 0. The average Bonchev–Trinajstić information content (AvgIpc) is 2.99. The lowest BCUT2D eigenvalue weighted by atomic mass is 9.89. The fourth-order valence-corrected chi connectivity index (χ4v) is 2.47. The molecule has 0 bridgehead atoms. The highest BCUT2D eigenvalue weighted by atomic mass is 16.1. The van der Waals surface area contributed by atoms with Crippen LogP contribution in [-0.2, 0) is 6.42 Å². The molecule has 1 atom stereocenters. The fraction of sp³-hybridized carbons (Fsp3) is 0.636. The van der Waals surface area contributed by atoms with Crippen molar-refractivity contribution in [2.45, 2.75) is 44.1 Å². The van der Waals surface area contributed by atoms with Crippen LogP contribution in [0.2, 0.25) is 0 Å². The summed E-state index contributed by atoms with van der Waals surface area (Å²) in [5.41, 5.74) is 9.06. The van der Waals surface area contributed by atoms with Gasteiger partial charge in [-0.15, -0.1) is 0 Å². The number of H-pyrrole nitrogens is 1. The number of hydrogen-bond donors (Lipinski definition) is 2. The van der Waals surface area contributed by atoms with Crippen LogP contribution in [0.5, 0.6) is 0 Å². The van der Waals surface area contributed by atoms with Gasteiger partial charge in [-0.3, -0.25) is 0 Å². The monoisotopic (exact) mass is 205 g/mol. The van der Waals surface area contributed by atoms with Gasteiger partial charge in [0.25, 0.3) is 0 Å². The third kappa shape index (κ3) is 1.49. The Hall–Kier alpha value is -1.16. The van der Waals surface area contributed by atoms with Gasteiger partial charge in [-0.05, 0) is 32.1 Å². The molecular weight excluding hydrogens is 190 g/mol. The standard InChI is InChI=1S/C11H15N3O/c12-7-2-1-3-8-9(7)10(6-4-5-6)14-11(15)13-8/h6-7H,1-5,12H2,(H,13,14,15). The Balaban J connectivity index is 2.19. The van der Waals surface area contributed by atoms with Crippen molar-refractivity contribution in [3.63, 3.8) is 0 Å². The molecule has 1 aromatic rings. The predicted molar refractivity (Wildman–Crippen MR) is 56.7 cm³/mol. The van der Waals surface area contributed by atoms with Crippen LogP contribution in [0.25, 0.3) is 0 Å². The SMILES string of the molecule is NC1CCCc2[nH]c(=O)nc(C3CC3)c21. The van der Waals surface area contributed by atoms with Crippen molar-refractivity contribution in [1.82, 2.24) is 9.97 Å². The molecular formula is C11H15N3O. The highest BCUT2D eigenvalue weighted by Crippen LogP contribution is 2.43. The summed E-state index contributed by atoms with van der Waals surface area (Å²) in [6.07, 6.45) is 5.35. The predicted octanol–water partition coefficient (Wildman–Crippen LogP) is 0.983. The van der Waals surface area contributed by atoms with Crippen molar-refractivity contribution in [3.05, 3.63) is 27.4 Å². The first kappa shape index (κ1) is 9.09. The van der Waals surface area contributed by atoms with Gasteiger partial charge in [-0.1, -0.05) is 0 Å². The number of nitrogens with zero attached hydrogens (tertiary/aromatic N) is 1. The number of rotatable bonds is 1. The zero-order valence-corrected chi connectivity index (χ0v) is 8.62. The zero-order chi connectivity index (χ0) is 10.4. The summed E-state index contributed by atoms with van der Waals surface area (Å²) in [5, 5.41) is 0. The van der Waals surface area contributed by atoms with Crippen LogP contribution >= 0.6 is 0 Å². The van der Waals surface area contributed by atoms with Gasteiger partial charge in [0.1, 0.15) is 0 Å². The average molecular weight is 205 g/mol. The maximum atomic E-state index is 11.4. The fourth-order valence-electron chi connectivity index (χ4n) is 2.47. The van der Waals surface area contributed by atoms with Crippen LogP contribution in [0.1, 0.15) is 54.6 Å². The molecule has 1 aromatic heterocycles. The molecule has 1 unspecified atom stereocenters. The number of aromatic amines is 1. The lowest BCUT2D eigenvalue weighted by molar-refractivity contribution is 0.546. The lowest BCUT2D eigenvalue weighted by Crippen LogP contribution is -2.26. The van der Waals surface area contributed by atoms with Crippen LogP contribution in [-0.4, -0.2) is 9.97 Å². The van der Waals surface area contributed by atoms with Gasteiger partial charge in [-0.2, -0.15) is 4.98 Å². The lowest BCUT2D eigenvalue weighted by Gasteiger charge is -2.23. The van der Waals surface area contributed by atoms with E-state index < -0.39 is 0 Å². The molecule has 1 fully saturated rings. The van der Waals surface area contributed by atoms with Crippen molar-refractivity contribution in [2.75, 3.05) is 0 Å². The second-order valence-electron chi connectivity index (χ2n) is 4.59. The highest BCUT2D eigenvalue weighted by Gasteiger charge is 2.32. The van der Waals surface area contributed by atoms with Crippen molar-refractivity contribution in [2.24, 2.45) is 5.73 Å². The molecule has 3 N–H and O–H groups in total. The Morgan fingerprint density at radius 3 is 2.87 bits per heavy atom. The quantitative estimate of drug-likeness (QED) is 0.718. The van der Waals surface area contributed by atoms with E-state index in [0.29, 0.717) is 5.92 Å². The summed E-state index contributed by atoms with van der Waals surface area (Å²) < 4.78 is 0. The number of aromatic nitrogens is 2. The Morgan fingerprint density at radius 1 is 1.33 bits per heavy atom. The molecule has 15 heavy (non-hydrogen) atoms. The minimum atomic E-state index is -0.204. The van der Waals surface area contributed by atoms with Crippen LogP contribution in [0.3, 0.4) is 0 Å². The molecule has 3 rings (SSSR count). The number of hydrogen-bond acceptors (Lipinski definition) is 3. The van der Waals surface area contributed by atoms with Gasteiger partial charge >= 0.3 is 5.69 Å². The normalized spacial score (nSPS) is 25.0. The largest absolute Gasteiger partial charge is 0.345 e. The minimum Gasteiger partial charge on any atom is -0.324 e. The third-order valence-corrected chi connectivity index (χ3v) is 3.36. The van der Waals surface area contributed by atoms with Gasteiger partial charge in [-0.25, -0.2) is 4.79 Å². The van der Waals surface area contributed by atoms with E-state index in [1.807, 2.05) is 0 Å². The van der Waals surface area contributed by atoms with E-state index in [1.54, 1.807) is 0 Å². The molecule has 0 aliphatic heterocycles. The van der Waals surface area contributed by atoms with Gasteiger partial charge in [0.15, 0.2) is 0 Å². The van der Waals surface area contributed by atoms with E-state index in [1.165, 1.54) is 0 Å². The van der Waals surface area contributed by atoms with E-state index >= 15 is 0 Å². The second kappa shape index (κ2) is 3.17. The summed E-state index contributed by atoms with van der Waals surface area (Å²) in [6, 6.07) is 0.0775. The Kier molecular flexibility index (Phi) is 1.92. The van der Waals surface area contributed by atoms with Crippen molar-refractivity contribution in [3.8, 4) is 0 Å². The number of nitrogens with one attached hydrogen (secondary N) is 1. The summed E-state index contributed by atoms with van der Waals surface area (Å²) in [6.45, 7) is 0. The summed E-state index contributed by atoms with van der Waals surface area (Å²) in [4.78, 5) is 18.3. The molecule has 2 aliphatic carbocycles. The molecule has 4 heteroatoms. The first-order chi connectivity index (χ1) is 7.25. The molecule has 0 radical (unpaired) electrons. The number of fused-ring (bicyclic) bond motifs is 1. The van der Waals surface area contributed by atoms with E-state index in [-0.39, 0.29) is 11.7 Å². The van der Waals surface area contributed by atoms with E-state index in [2.05, 4.69) is 9.97 Å². The van der Waals surface area contributed by atoms with E-state index in [4.69, 9.17) is 5.73 Å². The molecule has 1 saturated carbocycles. The molecule has 2 aliphatic rings. The molecule has 0 spiro atoms. The maximum Gasteiger partial charge on any atom is 0.345 e. The molecule has 0 amide bonds. The number of nitrogens with two attached hydrogens (primary N) is 1. The van der Waals surface area contributed by atoms with Crippen molar-refractivity contribution >= 4 is 0 Å². The Bertz CT molecular complexity index is 448. The summed E-state index contributed by atoms with van der Waals surface area (Å²) in [5.74, 6) is 0.505. The zero-order valence-electron chi connectivity index (χ0n) is 8.62. The van der Waals surface area contributed by atoms with Gasteiger partial charge < -0.3 is 10.7 Å². The van der Waals surface area contributed by atoms with Crippen LogP contribution in [0, 0.1) is 0 Å². The number of aryl methyl sites for hydroxylation is 1. The van der Waals surface area contributed by atoms with Crippen molar-refractivity contribution in [1.29, 1.82) is 0 Å². The second-order valence-corrected chi connectivity index (χ2v) is 4.59. The maximum absolute atomic E-state index is 11.4. The van der Waals surface area contributed by atoms with Crippen LogP contribution in [0.15, 0.2) is 4.79 Å². The van der Waals surface area contributed by atoms with Crippen LogP contribution in [0.4, 0.5) is 0 Å². The molecule has 4 nitrogen and oxygen atoms in total. The molecule has 1 heterocycles. The van der Waals surface area contributed by atoms with Gasteiger partial charge in [0.2, 0.25) is 0 Å². The summed E-state index contributed by atoms with van der Waals surface area (Å²) >= 11 is 0. The van der Waals surface area contributed by atoms with Crippen molar-refractivity contribution < 1.29 is 0 Å². The van der Waals surface area contributed by atoms with E-state index in [9.17, 15) is 4.79 Å². The van der Waals surface area contributed by atoms with Crippen LogP contribution < -0.4 is 11.4 Å². The van der Waals surface area contributed by atoms with E-state index in [0.717, 1.165) is 49.1 Å². The molecule has 0 aromatic carbocycles. The smallest absolute Gasteiger partial charge is 0.324 e. The molecule has 80 valence electrons. The van der Waals surface area contributed by atoms with Gasteiger partial charge in [0.05, 0.1) is 5.69 Å². The minimum absolute atomic E-state index is 0.0775. The van der Waals surface area contributed by atoms with Gasteiger partial charge in [0, 0.05) is 23.2 Å². The first-order valence-corrected chi connectivity index (χ1v) is 5.64. The highest BCUT2D eigenvalue weighted by molar-refractivity contribution is 5.34.